The molecule has 2 aromatic heterocycles. The summed E-state index contributed by atoms with van der Waals surface area (Å²) in [5, 5.41) is 4.25. The van der Waals surface area contributed by atoms with Gasteiger partial charge in [0, 0.05) is 37.2 Å². The van der Waals surface area contributed by atoms with E-state index in [1.807, 2.05) is 25.3 Å². The summed E-state index contributed by atoms with van der Waals surface area (Å²) >= 11 is 0. The molecule has 2 N–H and O–H groups in total. The van der Waals surface area contributed by atoms with Crippen LogP contribution < -0.4 is 10.6 Å². The van der Waals surface area contributed by atoms with Crippen molar-refractivity contribution in [3.05, 3.63) is 30.2 Å². The third kappa shape index (κ3) is 3.41. The van der Waals surface area contributed by atoms with Crippen LogP contribution in [-0.2, 0) is 9.53 Å². The molecule has 0 aliphatic carbocycles. The Hall–Kier alpha value is -2.48. The van der Waals surface area contributed by atoms with Gasteiger partial charge < -0.3 is 15.4 Å². The van der Waals surface area contributed by atoms with E-state index in [2.05, 4.69) is 20.0 Å². The molecule has 2 saturated heterocycles. The zero-order valence-corrected chi connectivity index (χ0v) is 14.9. The van der Waals surface area contributed by atoms with Gasteiger partial charge in [-0.3, -0.25) is 4.79 Å². The number of hydrogen-bond donors (Lipinski definition) is 1. The van der Waals surface area contributed by atoms with E-state index >= 15 is 0 Å². The first kappa shape index (κ1) is 17.0. The second-order valence-electron chi connectivity index (χ2n) is 7.09. The molecule has 2 atom stereocenters. The molecule has 26 heavy (non-hydrogen) atoms. The normalized spacial score (nSPS) is 24.1. The highest BCUT2D eigenvalue weighted by Crippen LogP contribution is 2.32. The molecule has 0 unspecified atom stereocenters. The third-order valence-electron chi connectivity index (χ3n) is 5.29. The Morgan fingerprint density at radius 3 is 2.69 bits per heavy atom. The van der Waals surface area contributed by atoms with Gasteiger partial charge in [0.05, 0.1) is 6.10 Å². The fourth-order valence-corrected chi connectivity index (χ4v) is 3.89. The van der Waals surface area contributed by atoms with Crippen LogP contribution in [0.4, 0.5) is 5.95 Å². The Morgan fingerprint density at radius 2 is 2.04 bits per heavy atom. The average Bonchev–Trinajstić information content (AvgIpc) is 3.33. The maximum atomic E-state index is 11.3. The van der Waals surface area contributed by atoms with Crippen LogP contribution in [-0.4, -0.2) is 51.0 Å². The molecule has 0 aromatic carbocycles. The number of ether oxygens (including phenoxy) is 1. The number of piperidine rings is 1. The van der Waals surface area contributed by atoms with E-state index < -0.39 is 6.10 Å². The van der Waals surface area contributed by atoms with Gasteiger partial charge in [-0.05, 0) is 44.6 Å². The smallest absolute Gasteiger partial charge is 0.246 e. The summed E-state index contributed by atoms with van der Waals surface area (Å²) in [5.41, 5.74) is 6.28. The lowest BCUT2D eigenvalue weighted by Gasteiger charge is -2.34. The van der Waals surface area contributed by atoms with Crippen molar-refractivity contribution in [1.29, 1.82) is 0 Å². The van der Waals surface area contributed by atoms with Gasteiger partial charge in [0.2, 0.25) is 11.9 Å². The van der Waals surface area contributed by atoms with Gasteiger partial charge in [0.15, 0.2) is 5.82 Å². The van der Waals surface area contributed by atoms with Gasteiger partial charge >= 0.3 is 0 Å². The first-order valence-corrected chi connectivity index (χ1v) is 9.15. The van der Waals surface area contributed by atoms with Crippen LogP contribution in [0.3, 0.4) is 0 Å². The van der Waals surface area contributed by atoms with Crippen molar-refractivity contribution in [2.45, 2.75) is 44.8 Å². The minimum atomic E-state index is -0.408. The lowest BCUT2D eigenvalue weighted by atomic mass is 9.90. The summed E-state index contributed by atoms with van der Waals surface area (Å²) in [6.07, 6.45) is 7.03. The Morgan fingerprint density at radius 1 is 1.23 bits per heavy atom. The summed E-state index contributed by atoms with van der Waals surface area (Å²) in [7, 11) is 0. The van der Waals surface area contributed by atoms with Gasteiger partial charge in [-0.25, -0.2) is 9.67 Å². The number of hydrogen-bond acceptors (Lipinski definition) is 6. The topological polar surface area (TPSA) is 99.2 Å². The van der Waals surface area contributed by atoms with Gasteiger partial charge in [0.1, 0.15) is 6.10 Å². The number of aromatic nitrogens is 4. The Balaban J connectivity index is 1.41. The molecule has 2 aliphatic rings. The SMILES string of the molecule is Cc1cc(-n2cccn2)nc(N2CCC([C@@H]3CC[C@H](C(N)=O)O3)CC2)n1. The molecule has 0 saturated carbocycles. The number of carbonyl (C=O) groups is 1. The minimum Gasteiger partial charge on any atom is -0.367 e. The largest absolute Gasteiger partial charge is 0.367 e. The van der Waals surface area contributed by atoms with E-state index in [0.29, 0.717) is 5.92 Å². The summed E-state index contributed by atoms with van der Waals surface area (Å²) in [5.74, 6) is 1.65. The van der Waals surface area contributed by atoms with Crippen LogP contribution >= 0.6 is 0 Å². The van der Waals surface area contributed by atoms with Crippen LogP contribution in [0.5, 0.6) is 0 Å². The Labute approximate surface area is 152 Å². The number of nitrogens with two attached hydrogens (primary N) is 1. The monoisotopic (exact) mass is 356 g/mol. The molecule has 2 aliphatic heterocycles. The molecule has 0 bridgehead atoms. The van der Waals surface area contributed by atoms with Crippen molar-refractivity contribution >= 4 is 11.9 Å². The average molecular weight is 356 g/mol. The summed E-state index contributed by atoms with van der Waals surface area (Å²) < 4.78 is 7.61. The molecule has 4 rings (SSSR count). The molecule has 0 spiro atoms. The second-order valence-corrected chi connectivity index (χ2v) is 7.09. The molecule has 0 radical (unpaired) electrons. The van der Waals surface area contributed by atoms with Crippen molar-refractivity contribution in [3.63, 3.8) is 0 Å². The fourth-order valence-electron chi connectivity index (χ4n) is 3.89. The summed E-state index contributed by atoms with van der Waals surface area (Å²) in [6.45, 7) is 3.74. The number of nitrogens with zero attached hydrogens (tertiary/aromatic N) is 5. The van der Waals surface area contributed by atoms with Crippen LogP contribution in [0.25, 0.3) is 5.82 Å². The predicted octanol–water partition coefficient (Wildman–Crippen LogP) is 1.22. The van der Waals surface area contributed by atoms with Gasteiger partial charge in [-0.15, -0.1) is 0 Å². The van der Waals surface area contributed by atoms with Gasteiger partial charge in [0.25, 0.3) is 0 Å². The molecule has 4 heterocycles. The van der Waals surface area contributed by atoms with E-state index in [1.165, 1.54) is 0 Å². The highest BCUT2D eigenvalue weighted by molar-refractivity contribution is 5.79. The Kier molecular flexibility index (Phi) is 4.58. The zero-order valence-electron chi connectivity index (χ0n) is 14.9. The molecule has 2 fully saturated rings. The van der Waals surface area contributed by atoms with Crippen molar-refractivity contribution in [2.24, 2.45) is 11.7 Å². The van der Waals surface area contributed by atoms with E-state index in [9.17, 15) is 4.79 Å². The summed E-state index contributed by atoms with van der Waals surface area (Å²) in [6, 6.07) is 3.81. The first-order valence-electron chi connectivity index (χ1n) is 9.15. The van der Waals surface area contributed by atoms with Crippen LogP contribution in [0, 0.1) is 12.8 Å². The van der Waals surface area contributed by atoms with Crippen LogP contribution in [0.2, 0.25) is 0 Å². The number of primary amides is 1. The van der Waals surface area contributed by atoms with Crippen molar-refractivity contribution < 1.29 is 9.53 Å². The van der Waals surface area contributed by atoms with Gasteiger partial charge in [-0.2, -0.15) is 10.1 Å². The number of rotatable bonds is 4. The number of carbonyl (C=O) groups excluding carboxylic acids is 1. The van der Waals surface area contributed by atoms with Crippen LogP contribution in [0.15, 0.2) is 24.5 Å². The van der Waals surface area contributed by atoms with E-state index in [1.54, 1.807) is 10.9 Å². The third-order valence-corrected chi connectivity index (χ3v) is 5.29. The molecule has 2 aromatic rings. The molecule has 138 valence electrons. The highest BCUT2D eigenvalue weighted by atomic mass is 16.5. The second kappa shape index (κ2) is 7.03. The predicted molar refractivity (Wildman–Crippen MR) is 95.9 cm³/mol. The maximum Gasteiger partial charge on any atom is 0.246 e. The zero-order chi connectivity index (χ0) is 18.1. The molecular formula is C18H24N6O2. The summed E-state index contributed by atoms with van der Waals surface area (Å²) in [4.78, 5) is 22.8. The number of anilines is 1. The first-order chi connectivity index (χ1) is 12.6. The van der Waals surface area contributed by atoms with E-state index in [0.717, 1.165) is 56.2 Å². The standard InChI is InChI=1S/C18H24N6O2/c1-12-11-16(24-8-2-7-20-24)22-18(21-12)23-9-5-13(6-10-23)14-3-4-15(26-14)17(19)25/h2,7-8,11,13-15H,3-6,9-10H2,1H3,(H2,19,25)/t14-,15+/m0/s1. The van der Waals surface area contributed by atoms with Crippen molar-refractivity contribution in [3.8, 4) is 5.82 Å². The maximum absolute atomic E-state index is 11.3. The van der Waals surface area contributed by atoms with E-state index in [4.69, 9.17) is 10.5 Å². The Bertz CT molecular complexity index is 770. The number of amides is 1. The van der Waals surface area contributed by atoms with Crippen molar-refractivity contribution in [2.75, 3.05) is 18.0 Å². The molecule has 8 nitrogen and oxygen atoms in total. The molecule has 1 amide bonds. The van der Waals surface area contributed by atoms with Crippen LogP contribution in [0.1, 0.15) is 31.4 Å². The van der Waals surface area contributed by atoms with Crippen molar-refractivity contribution in [1.82, 2.24) is 19.7 Å². The quantitative estimate of drug-likeness (QED) is 0.884. The lowest BCUT2D eigenvalue weighted by Crippen LogP contribution is -2.39. The minimum absolute atomic E-state index is 0.146. The number of aryl methyl sites for hydroxylation is 1. The lowest BCUT2D eigenvalue weighted by molar-refractivity contribution is -0.130. The van der Waals surface area contributed by atoms with E-state index in [-0.39, 0.29) is 12.0 Å². The fraction of sp³-hybridized carbons (Fsp3) is 0.556. The highest BCUT2D eigenvalue weighted by Gasteiger charge is 2.36. The molecular weight excluding hydrogens is 332 g/mol. The van der Waals surface area contributed by atoms with Gasteiger partial charge in [-0.1, -0.05) is 0 Å². The molecule has 8 heteroatoms.